The molecule has 8 heteroatoms. The molecule has 5 nitrogen and oxygen atoms in total. The summed E-state index contributed by atoms with van der Waals surface area (Å²) in [6, 6.07) is 8.04. The van der Waals surface area contributed by atoms with Gasteiger partial charge in [0.2, 0.25) is 5.88 Å². The number of hydrogen-bond acceptors (Lipinski definition) is 4. The highest BCUT2D eigenvalue weighted by Crippen LogP contribution is 2.29. The predicted octanol–water partition coefficient (Wildman–Crippen LogP) is 3.24. The van der Waals surface area contributed by atoms with Crippen LogP contribution >= 0.6 is 0 Å². The van der Waals surface area contributed by atoms with Gasteiger partial charge in [-0.15, -0.1) is 0 Å². The number of halogens is 3. The van der Waals surface area contributed by atoms with E-state index in [0.717, 1.165) is 18.6 Å². The summed E-state index contributed by atoms with van der Waals surface area (Å²) in [4.78, 5) is 16.3. The highest BCUT2D eigenvalue weighted by Gasteiger charge is 2.29. The Morgan fingerprint density at radius 3 is 2.70 bits per heavy atom. The number of nitrogens with zero attached hydrogens (tertiary/aromatic N) is 1. The first-order valence-corrected chi connectivity index (χ1v) is 8.56. The lowest BCUT2D eigenvalue weighted by Gasteiger charge is -2.12. The maximum Gasteiger partial charge on any atom is 0.416 e. The number of carbonyl (C=O) groups is 1. The molecule has 0 aliphatic carbocycles. The molecule has 1 amide bonds. The van der Waals surface area contributed by atoms with Crippen LogP contribution in [0.4, 0.5) is 13.2 Å². The average Bonchev–Trinajstić information content (AvgIpc) is 3.14. The van der Waals surface area contributed by atoms with Gasteiger partial charge in [0.1, 0.15) is 6.10 Å². The van der Waals surface area contributed by atoms with Crippen molar-refractivity contribution in [1.29, 1.82) is 0 Å². The number of hydrogen-bond donors (Lipinski definition) is 1. The summed E-state index contributed by atoms with van der Waals surface area (Å²) in [7, 11) is 0. The fourth-order valence-electron chi connectivity index (χ4n) is 2.67. The molecule has 2 heterocycles. The molecule has 1 unspecified atom stereocenters. The van der Waals surface area contributed by atoms with Gasteiger partial charge in [-0.25, -0.2) is 4.98 Å². The summed E-state index contributed by atoms with van der Waals surface area (Å²) >= 11 is 0. The molecule has 1 N–H and O–H groups in total. The fourth-order valence-corrected chi connectivity index (χ4v) is 2.67. The van der Waals surface area contributed by atoms with Gasteiger partial charge in [-0.3, -0.25) is 4.79 Å². The van der Waals surface area contributed by atoms with Crippen molar-refractivity contribution < 1.29 is 27.4 Å². The van der Waals surface area contributed by atoms with Crippen LogP contribution in [0.3, 0.4) is 0 Å². The number of nitrogens with one attached hydrogen (secondary N) is 1. The number of alkyl halides is 3. The molecule has 144 valence electrons. The van der Waals surface area contributed by atoms with Crippen LogP contribution in [0, 0.1) is 0 Å². The third-order valence-electron chi connectivity index (χ3n) is 4.15. The van der Waals surface area contributed by atoms with Crippen LogP contribution in [0.15, 0.2) is 42.6 Å². The summed E-state index contributed by atoms with van der Waals surface area (Å²) in [5.74, 6) is 0.0673. The Hall–Kier alpha value is -2.61. The molecule has 1 aliphatic heterocycles. The molecule has 3 rings (SSSR count). The third-order valence-corrected chi connectivity index (χ3v) is 4.15. The van der Waals surface area contributed by atoms with E-state index >= 15 is 0 Å². The van der Waals surface area contributed by atoms with E-state index in [9.17, 15) is 18.0 Å². The molecular formula is C19H19F3N2O3. The second-order valence-electron chi connectivity index (χ2n) is 6.19. The first kappa shape index (κ1) is 19.2. The van der Waals surface area contributed by atoms with E-state index in [1.165, 1.54) is 18.3 Å². The first-order valence-electron chi connectivity index (χ1n) is 8.56. The number of carbonyl (C=O) groups excluding carboxylic acids is 1. The minimum atomic E-state index is -4.35. The number of ether oxygens (including phenoxy) is 2. The van der Waals surface area contributed by atoms with Gasteiger partial charge in [0.05, 0.1) is 18.8 Å². The van der Waals surface area contributed by atoms with Crippen molar-refractivity contribution in [2.75, 3.05) is 19.8 Å². The molecule has 0 bridgehead atoms. The lowest BCUT2D eigenvalue weighted by atomic mass is 10.1. The van der Waals surface area contributed by atoms with Crippen molar-refractivity contribution in [3.8, 4) is 5.88 Å². The lowest BCUT2D eigenvalue weighted by molar-refractivity contribution is -0.137. The summed E-state index contributed by atoms with van der Waals surface area (Å²) < 4.78 is 48.5. The van der Waals surface area contributed by atoms with Crippen molar-refractivity contribution in [3.05, 3.63) is 59.3 Å². The van der Waals surface area contributed by atoms with Gasteiger partial charge < -0.3 is 14.8 Å². The zero-order chi connectivity index (χ0) is 19.3. The Morgan fingerprint density at radius 2 is 2.04 bits per heavy atom. The fraction of sp³-hybridized carbons (Fsp3) is 0.368. The van der Waals surface area contributed by atoms with Crippen LogP contribution in [-0.2, 0) is 17.3 Å². The predicted molar refractivity (Wildman–Crippen MR) is 91.6 cm³/mol. The van der Waals surface area contributed by atoms with Gasteiger partial charge in [0.15, 0.2) is 0 Å². The van der Waals surface area contributed by atoms with Gasteiger partial charge in [-0.2, -0.15) is 13.2 Å². The molecule has 1 aromatic carbocycles. The van der Waals surface area contributed by atoms with Gasteiger partial charge in [0.25, 0.3) is 5.91 Å². The van der Waals surface area contributed by atoms with Crippen LogP contribution in [0.1, 0.15) is 27.9 Å². The van der Waals surface area contributed by atoms with E-state index < -0.39 is 11.7 Å². The Balaban J connectivity index is 1.50. The van der Waals surface area contributed by atoms with E-state index in [4.69, 9.17) is 9.47 Å². The van der Waals surface area contributed by atoms with E-state index in [-0.39, 0.29) is 12.0 Å². The van der Waals surface area contributed by atoms with Gasteiger partial charge >= 0.3 is 6.18 Å². The first-order chi connectivity index (χ1) is 12.9. The smallest absolute Gasteiger partial charge is 0.416 e. The highest BCUT2D eigenvalue weighted by atomic mass is 19.4. The molecule has 2 aromatic rings. The van der Waals surface area contributed by atoms with Crippen molar-refractivity contribution in [1.82, 2.24) is 10.3 Å². The largest absolute Gasteiger partial charge is 0.472 e. The quantitative estimate of drug-likeness (QED) is 0.836. The van der Waals surface area contributed by atoms with Crippen LogP contribution in [-0.4, -0.2) is 36.8 Å². The molecule has 0 saturated carbocycles. The second-order valence-corrected chi connectivity index (χ2v) is 6.19. The Kier molecular flexibility index (Phi) is 5.95. The van der Waals surface area contributed by atoms with Crippen molar-refractivity contribution in [2.24, 2.45) is 0 Å². The average molecular weight is 380 g/mol. The summed E-state index contributed by atoms with van der Waals surface area (Å²) in [5.41, 5.74) is 0.432. The molecule has 1 fully saturated rings. The maximum absolute atomic E-state index is 12.5. The normalized spacial score (nSPS) is 16.9. The summed E-state index contributed by atoms with van der Waals surface area (Å²) in [5, 5.41) is 2.74. The van der Waals surface area contributed by atoms with Crippen LogP contribution in [0.5, 0.6) is 5.88 Å². The maximum atomic E-state index is 12.5. The zero-order valence-electron chi connectivity index (χ0n) is 14.5. The molecule has 1 aliphatic rings. The van der Waals surface area contributed by atoms with E-state index in [1.807, 2.05) is 0 Å². The van der Waals surface area contributed by atoms with Crippen LogP contribution in [0.2, 0.25) is 0 Å². The minimum absolute atomic E-state index is 0.0597. The number of aromatic nitrogens is 1. The Labute approximate surface area is 154 Å². The van der Waals surface area contributed by atoms with Gasteiger partial charge in [-0.1, -0.05) is 12.1 Å². The number of rotatable bonds is 6. The lowest BCUT2D eigenvalue weighted by Crippen LogP contribution is -2.26. The van der Waals surface area contributed by atoms with Gasteiger partial charge in [0, 0.05) is 30.8 Å². The molecule has 0 radical (unpaired) electrons. The molecule has 1 aromatic heterocycles. The molecular weight excluding hydrogens is 361 g/mol. The number of pyridine rings is 1. The SMILES string of the molecule is O=C(NCCc1ccc(C(F)(F)F)cc1)c1ccnc(OC2CCOC2)c1. The van der Waals surface area contributed by atoms with Crippen LogP contribution in [0.25, 0.3) is 0 Å². The van der Waals surface area contributed by atoms with Crippen molar-refractivity contribution in [2.45, 2.75) is 25.1 Å². The van der Waals surface area contributed by atoms with Crippen molar-refractivity contribution in [3.63, 3.8) is 0 Å². The second kappa shape index (κ2) is 8.39. The minimum Gasteiger partial charge on any atom is -0.472 e. The van der Waals surface area contributed by atoms with E-state index in [0.29, 0.717) is 43.2 Å². The Bertz CT molecular complexity index is 773. The summed E-state index contributed by atoms with van der Waals surface area (Å²) in [6.45, 7) is 1.46. The van der Waals surface area contributed by atoms with E-state index in [1.54, 1.807) is 12.1 Å². The van der Waals surface area contributed by atoms with Crippen LogP contribution < -0.4 is 10.1 Å². The topological polar surface area (TPSA) is 60.5 Å². The van der Waals surface area contributed by atoms with Crippen molar-refractivity contribution >= 4 is 5.91 Å². The molecule has 0 spiro atoms. The number of benzene rings is 1. The molecule has 1 saturated heterocycles. The Morgan fingerprint density at radius 1 is 1.26 bits per heavy atom. The standard InChI is InChI=1S/C19H19F3N2O3/c20-19(21,22)15-3-1-13(2-4-15)5-8-24-18(25)14-6-9-23-17(11-14)27-16-7-10-26-12-16/h1-4,6,9,11,16H,5,7-8,10,12H2,(H,24,25). The highest BCUT2D eigenvalue weighted by molar-refractivity contribution is 5.94. The van der Waals surface area contributed by atoms with Gasteiger partial charge in [-0.05, 0) is 30.2 Å². The molecule has 27 heavy (non-hydrogen) atoms. The molecule has 1 atom stereocenters. The summed E-state index contributed by atoms with van der Waals surface area (Å²) in [6.07, 6.45) is -1.70. The van der Waals surface area contributed by atoms with E-state index in [2.05, 4.69) is 10.3 Å². The zero-order valence-corrected chi connectivity index (χ0v) is 14.5. The monoisotopic (exact) mass is 380 g/mol. The third kappa shape index (κ3) is 5.43. The number of amides is 1.